The molecule has 3 rings (SSSR count). The van der Waals surface area contributed by atoms with Crippen LogP contribution in [-0.2, 0) is 33.2 Å². The molecule has 17 atom stereocenters. The van der Waals surface area contributed by atoms with Gasteiger partial charge in [-0.1, -0.05) is 118 Å². The molecule has 3 heterocycles. The molecule has 424 valence electrons. The van der Waals surface area contributed by atoms with Gasteiger partial charge in [-0.25, -0.2) is 0 Å². The lowest BCUT2D eigenvalue weighted by atomic mass is 9.96. The van der Waals surface area contributed by atoms with Crippen molar-refractivity contribution in [3.05, 3.63) is 85.1 Å². The van der Waals surface area contributed by atoms with E-state index in [1.54, 1.807) is 12.2 Å². The first-order valence-electron chi connectivity index (χ1n) is 26.8. The second-order valence-electron chi connectivity index (χ2n) is 18.9. The summed E-state index contributed by atoms with van der Waals surface area (Å²) in [5.41, 5.74) is 0. The number of hydrogen-bond donors (Lipinski definition) is 12. The summed E-state index contributed by atoms with van der Waals surface area (Å²) in [6, 6.07) is -1.02. The fourth-order valence-corrected chi connectivity index (χ4v) is 8.44. The smallest absolute Gasteiger partial charge is 0.220 e. The highest BCUT2D eigenvalue weighted by molar-refractivity contribution is 5.76. The highest BCUT2D eigenvalue weighted by Gasteiger charge is 2.53. The first kappa shape index (κ1) is 65.3. The lowest BCUT2D eigenvalue weighted by Gasteiger charge is -2.48. The van der Waals surface area contributed by atoms with Gasteiger partial charge in [-0.15, -0.1) is 0 Å². The molecule has 3 fully saturated rings. The number of hydrogen-bond acceptors (Lipinski definition) is 18. The van der Waals surface area contributed by atoms with Gasteiger partial charge < -0.3 is 89.9 Å². The maximum absolute atomic E-state index is 13.2. The van der Waals surface area contributed by atoms with Gasteiger partial charge in [0, 0.05) is 6.42 Å². The van der Waals surface area contributed by atoms with Crippen LogP contribution in [0.3, 0.4) is 0 Å². The molecule has 1 amide bonds. The zero-order chi connectivity index (χ0) is 54.1. The van der Waals surface area contributed by atoms with Crippen molar-refractivity contribution in [3.8, 4) is 0 Å². The molecule has 0 aromatic rings. The number of aliphatic hydroxyl groups is 11. The molecule has 3 aliphatic rings. The first-order chi connectivity index (χ1) is 35.8. The van der Waals surface area contributed by atoms with Crippen LogP contribution in [0.2, 0.25) is 0 Å². The Morgan fingerprint density at radius 3 is 1.49 bits per heavy atom. The summed E-state index contributed by atoms with van der Waals surface area (Å²) >= 11 is 0. The Kier molecular flexibility index (Phi) is 34.0. The van der Waals surface area contributed by atoms with Gasteiger partial charge in [0.1, 0.15) is 73.2 Å². The fourth-order valence-electron chi connectivity index (χ4n) is 8.44. The SMILES string of the molecule is CC/C=C\C/C=C\C/C=C\C/C=C\CCCCC(=O)NC(COC1OC(CO)C(OC2OC(CO)C(OC3OC(CO)C(O)C(O)C3O)C(O)C2O)C(O)C1O)C(O)/C=C/CC/C=C/CC/C=C/CCCCCC. The van der Waals surface area contributed by atoms with Gasteiger partial charge in [0.15, 0.2) is 18.9 Å². The molecule has 0 saturated carbocycles. The second-order valence-corrected chi connectivity index (χ2v) is 18.9. The van der Waals surface area contributed by atoms with E-state index in [1.165, 1.54) is 25.7 Å². The van der Waals surface area contributed by atoms with Gasteiger partial charge in [0.05, 0.1) is 38.6 Å². The molecule has 74 heavy (non-hydrogen) atoms. The molecular formula is C55H91NO18. The molecule has 0 bridgehead atoms. The van der Waals surface area contributed by atoms with Gasteiger partial charge in [0.25, 0.3) is 0 Å². The lowest BCUT2D eigenvalue weighted by molar-refractivity contribution is -0.379. The van der Waals surface area contributed by atoms with Crippen LogP contribution in [0.4, 0.5) is 0 Å². The zero-order valence-corrected chi connectivity index (χ0v) is 43.5. The minimum atomic E-state index is -1.99. The maximum Gasteiger partial charge on any atom is 0.220 e. The molecule has 0 aromatic heterocycles. The van der Waals surface area contributed by atoms with Crippen molar-refractivity contribution in [1.82, 2.24) is 5.32 Å². The number of rotatable bonds is 36. The summed E-state index contributed by atoms with van der Waals surface area (Å²) in [5.74, 6) is -0.337. The quantitative estimate of drug-likeness (QED) is 0.0317. The molecule has 19 nitrogen and oxygen atoms in total. The van der Waals surface area contributed by atoms with Gasteiger partial charge in [-0.05, 0) is 83.5 Å². The van der Waals surface area contributed by atoms with E-state index in [0.717, 1.165) is 64.2 Å². The van der Waals surface area contributed by atoms with E-state index < -0.39 is 131 Å². The van der Waals surface area contributed by atoms with Crippen molar-refractivity contribution < 1.29 is 89.4 Å². The molecule has 17 unspecified atom stereocenters. The normalized spacial score (nSPS) is 32.1. The Bertz CT molecular complexity index is 1690. The van der Waals surface area contributed by atoms with Crippen LogP contribution in [0.1, 0.15) is 123 Å². The van der Waals surface area contributed by atoms with E-state index in [0.29, 0.717) is 12.8 Å². The zero-order valence-electron chi connectivity index (χ0n) is 43.5. The highest BCUT2D eigenvalue weighted by Crippen LogP contribution is 2.33. The average molecular weight is 1050 g/mol. The number of ether oxygens (including phenoxy) is 6. The third-order valence-corrected chi connectivity index (χ3v) is 12.9. The lowest BCUT2D eigenvalue weighted by Crippen LogP contribution is -2.66. The number of allylic oxidation sites excluding steroid dienone is 13. The Morgan fingerprint density at radius 2 is 0.946 bits per heavy atom. The Hall–Kier alpha value is -3.03. The molecule has 0 spiro atoms. The van der Waals surface area contributed by atoms with Crippen molar-refractivity contribution in [2.45, 2.75) is 227 Å². The molecule has 3 aliphatic heterocycles. The number of carbonyl (C=O) groups excluding carboxylic acids is 1. The number of amides is 1. The Morgan fingerprint density at radius 1 is 0.500 bits per heavy atom. The van der Waals surface area contributed by atoms with Crippen LogP contribution in [0.15, 0.2) is 85.1 Å². The van der Waals surface area contributed by atoms with Crippen LogP contribution < -0.4 is 5.32 Å². The monoisotopic (exact) mass is 1050 g/mol. The van der Waals surface area contributed by atoms with E-state index in [4.69, 9.17) is 28.4 Å². The van der Waals surface area contributed by atoms with Crippen molar-refractivity contribution in [3.63, 3.8) is 0 Å². The number of carbonyl (C=O) groups is 1. The van der Waals surface area contributed by atoms with Gasteiger partial charge in [-0.2, -0.15) is 0 Å². The van der Waals surface area contributed by atoms with Crippen LogP contribution in [0.5, 0.6) is 0 Å². The first-order valence-corrected chi connectivity index (χ1v) is 26.8. The number of nitrogens with one attached hydrogen (secondary N) is 1. The Balaban J connectivity index is 1.58. The average Bonchev–Trinajstić information content (AvgIpc) is 3.40. The van der Waals surface area contributed by atoms with Crippen molar-refractivity contribution >= 4 is 5.91 Å². The summed E-state index contributed by atoms with van der Waals surface area (Å²) in [7, 11) is 0. The van der Waals surface area contributed by atoms with Gasteiger partial charge >= 0.3 is 0 Å². The summed E-state index contributed by atoms with van der Waals surface area (Å²) in [6.45, 7) is 1.47. The van der Waals surface area contributed by atoms with Crippen LogP contribution in [0, 0.1) is 0 Å². The van der Waals surface area contributed by atoms with E-state index >= 15 is 0 Å². The number of unbranched alkanes of at least 4 members (excludes halogenated alkanes) is 8. The maximum atomic E-state index is 13.2. The predicted molar refractivity (Wildman–Crippen MR) is 277 cm³/mol. The minimum Gasteiger partial charge on any atom is -0.394 e. The molecule has 12 N–H and O–H groups in total. The topological polar surface area (TPSA) is 307 Å². The molecular weight excluding hydrogens is 963 g/mol. The molecule has 0 aromatic carbocycles. The molecule has 0 radical (unpaired) electrons. The van der Waals surface area contributed by atoms with E-state index in [9.17, 15) is 61.0 Å². The summed E-state index contributed by atoms with van der Waals surface area (Å²) in [4.78, 5) is 13.2. The van der Waals surface area contributed by atoms with E-state index in [-0.39, 0.29) is 12.3 Å². The standard InChI is InChI=1S/C55H91NO18/c1-3-5-7-9-11-13-15-17-19-21-23-25-27-29-31-33-43(61)56-38(39(60)32-30-28-26-24-22-20-18-16-14-12-10-8-6-4-2)37-69-53-49(67)46(64)51(41(35-58)71-53)74-55-50(68)47(65)52(42(36-59)72-55)73-54-48(66)45(63)44(62)40(34-57)70-54/h5,7,11,13-14,16-17,19,22-25,30,32,38-42,44-55,57-60,62-68H,3-4,6,8-10,12,15,18,20-21,26-29,31,33-37H2,1-2H3,(H,56,61)/b7-5-,13-11-,16-14+,19-17-,24-22+,25-23-,32-30+. The number of aliphatic hydroxyl groups excluding tert-OH is 11. The van der Waals surface area contributed by atoms with E-state index in [2.05, 4.69) is 92.1 Å². The Labute approximate surface area is 438 Å². The van der Waals surface area contributed by atoms with Crippen molar-refractivity contribution in [2.24, 2.45) is 0 Å². The third kappa shape index (κ3) is 23.3. The molecule has 19 heteroatoms. The summed E-state index contributed by atoms with van der Waals surface area (Å²) in [5, 5.41) is 120. The largest absolute Gasteiger partial charge is 0.394 e. The van der Waals surface area contributed by atoms with Crippen molar-refractivity contribution in [2.75, 3.05) is 26.4 Å². The molecule has 0 aliphatic carbocycles. The third-order valence-electron chi connectivity index (χ3n) is 12.9. The van der Waals surface area contributed by atoms with Crippen molar-refractivity contribution in [1.29, 1.82) is 0 Å². The van der Waals surface area contributed by atoms with Gasteiger partial charge in [0.2, 0.25) is 5.91 Å². The minimum absolute atomic E-state index is 0.174. The van der Waals surface area contributed by atoms with Crippen LogP contribution in [-0.4, -0.2) is 193 Å². The summed E-state index contributed by atoms with van der Waals surface area (Å²) < 4.78 is 34.1. The molecule has 3 saturated heterocycles. The van der Waals surface area contributed by atoms with Crippen LogP contribution in [0.25, 0.3) is 0 Å². The van der Waals surface area contributed by atoms with Crippen LogP contribution >= 0.6 is 0 Å². The predicted octanol–water partition coefficient (Wildman–Crippen LogP) is 2.86. The van der Waals surface area contributed by atoms with Gasteiger partial charge in [-0.3, -0.25) is 4.79 Å². The van der Waals surface area contributed by atoms with E-state index in [1.807, 2.05) is 0 Å². The highest BCUT2D eigenvalue weighted by atomic mass is 16.8. The second kappa shape index (κ2) is 38.5. The fraction of sp³-hybridized carbons (Fsp3) is 0.727. The summed E-state index contributed by atoms with van der Waals surface area (Å²) in [6.07, 6.45) is 17.3.